The summed E-state index contributed by atoms with van der Waals surface area (Å²) in [6, 6.07) is 14.6. The van der Waals surface area contributed by atoms with Gasteiger partial charge in [-0.25, -0.2) is 14.4 Å². The van der Waals surface area contributed by atoms with Crippen molar-refractivity contribution in [3.05, 3.63) is 72.0 Å². The van der Waals surface area contributed by atoms with Crippen LogP contribution in [0, 0.1) is 18.3 Å². The van der Waals surface area contributed by atoms with Gasteiger partial charge in [0.1, 0.15) is 12.1 Å². The van der Waals surface area contributed by atoms with Gasteiger partial charge < -0.3 is 14.7 Å². The van der Waals surface area contributed by atoms with Gasteiger partial charge in [0.05, 0.1) is 30.8 Å². The molecule has 0 spiro atoms. The van der Waals surface area contributed by atoms with E-state index in [-0.39, 0.29) is 6.42 Å². The molecule has 0 bridgehead atoms. The van der Waals surface area contributed by atoms with E-state index in [9.17, 15) is 14.4 Å². The number of carbonyl (C=O) groups is 1. The Kier molecular flexibility index (Phi) is 6.55. The fourth-order valence-corrected chi connectivity index (χ4v) is 5.54. The number of piperazine rings is 1. The molecule has 1 saturated heterocycles. The van der Waals surface area contributed by atoms with Crippen LogP contribution in [0.15, 0.2) is 55.1 Å². The van der Waals surface area contributed by atoms with Crippen LogP contribution < -0.4 is 9.80 Å². The summed E-state index contributed by atoms with van der Waals surface area (Å²) < 4.78 is 13.6. The number of amides is 1. The second-order valence-electron chi connectivity index (χ2n) is 9.46. The zero-order chi connectivity index (χ0) is 25.2. The van der Waals surface area contributed by atoms with E-state index in [4.69, 9.17) is 0 Å². The average molecular weight is 485 g/mol. The molecule has 5 rings (SSSR count). The van der Waals surface area contributed by atoms with Gasteiger partial charge in [-0.2, -0.15) is 5.26 Å². The van der Waals surface area contributed by atoms with Crippen LogP contribution >= 0.6 is 0 Å². The Labute approximate surface area is 210 Å². The van der Waals surface area contributed by atoms with Crippen LogP contribution in [0.1, 0.15) is 29.7 Å². The van der Waals surface area contributed by atoms with Gasteiger partial charge in [0.15, 0.2) is 5.83 Å². The maximum atomic E-state index is 13.6. The van der Waals surface area contributed by atoms with Crippen molar-refractivity contribution in [1.82, 2.24) is 14.9 Å². The van der Waals surface area contributed by atoms with Crippen LogP contribution in [0.4, 0.5) is 15.9 Å². The monoisotopic (exact) mass is 484 g/mol. The summed E-state index contributed by atoms with van der Waals surface area (Å²) in [6.45, 7) is 8.13. The van der Waals surface area contributed by atoms with E-state index < -0.39 is 17.8 Å². The molecule has 7 nitrogen and oxygen atoms in total. The molecule has 2 aromatic carbocycles. The predicted molar refractivity (Wildman–Crippen MR) is 138 cm³/mol. The fourth-order valence-electron chi connectivity index (χ4n) is 5.54. The first-order valence-corrected chi connectivity index (χ1v) is 12.3. The molecule has 0 N–H and O–H groups in total. The predicted octanol–water partition coefficient (Wildman–Crippen LogP) is 4.31. The SMILES string of the molecule is C=C(F)C(=O)N1CCN(c2ncnc3c2CCCN(c2cccc4cccc(C)c24)C3)C[C@@H]1CC#N. The minimum absolute atomic E-state index is 0.122. The highest BCUT2D eigenvalue weighted by Crippen LogP contribution is 2.34. The normalized spacial score (nSPS) is 17.9. The van der Waals surface area contributed by atoms with Gasteiger partial charge in [0, 0.05) is 42.8 Å². The topological polar surface area (TPSA) is 76.4 Å². The molecule has 0 aliphatic carbocycles. The van der Waals surface area contributed by atoms with E-state index in [0.29, 0.717) is 26.2 Å². The Morgan fingerprint density at radius 2 is 1.97 bits per heavy atom. The molecule has 2 aliphatic heterocycles. The summed E-state index contributed by atoms with van der Waals surface area (Å²) in [5, 5.41) is 11.8. The lowest BCUT2D eigenvalue weighted by Crippen LogP contribution is -2.55. The molecule has 36 heavy (non-hydrogen) atoms. The van der Waals surface area contributed by atoms with Gasteiger partial charge >= 0.3 is 0 Å². The molecular formula is C28H29FN6O. The number of hydrogen-bond acceptors (Lipinski definition) is 6. The standard InChI is InChI=1S/C28H29FN6O/c1-19-6-3-7-21-8-4-10-25(26(19)21)33-13-5-9-23-24(17-33)31-18-32-27(23)34-14-15-35(28(36)20(2)29)22(16-34)11-12-30/h3-4,6-8,10,18,22H,2,5,9,11,13-17H2,1H3/t22-/m0/s1. The first kappa shape index (κ1) is 23.7. The number of aromatic nitrogens is 2. The Morgan fingerprint density at radius 3 is 2.75 bits per heavy atom. The second-order valence-corrected chi connectivity index (χ2v) is 9.46. The molecule has 8 heteroatoms. The third-order valence-electron chi connectivity index (χ3n) is 7.24. The third-order valence-corrected chi connectivity index (χ3v) is 7.24. The van der Waals surface area contributed by atoms with Gasteiger partial charge in [-0.3, -0.25) is 4.79 Å². The summed E-state index contributed by atoms with van der Waals surface area (Å²) in [5.41, 5.74) is 4.58. The van der Waals surface area contributed by atoms with Gasteiger partial charge in [-0.05, 0) is 36.8 Å². The number of hydrogen-bond donors (Lipinski definition) is 0. The van der Waals surface area contributed by atoms with Gasteiger partial charge in [0.2, 0.25) is 0 Å². The van der Waals surface area contributed by atoms with Gasteiger partial charge in [-0.15, -0.1) is 0 Å². The summed E-state index contributed by atoms with van der Waals surface area (Å²) in [7, 11) is 0. The van der Waals surface area contributed by atoms with Gasteiger partial charge in [-0.1, -0.05) is 36.9 Å². The number of halogens is 1. The van der Waals surface area contributed by atoms with Crippen molar-refractivity contribution in [2.24, 2.45) is 0 Å². The largest absolute Gasteiger partial charge is 0.365 e. The molecule has 0 saturated carbocycles. The van der Waals surface area contributed by atoms with Crippen molar-refractivity contribution in [3.63, 3.8) is 0 Å². The number of anilines is 2. The number of fused-ring (bicyclic) bond motifs is 2. The average Bonchev–Trinajstić information content (AvgIpc) is 3.11. The number of nitrogens with zero attached hydrogens (tertiary/aromatic N) is 6. The molecule has 1 atom stereocenters. The molecule has 3 heterocycles. The van der Waals surface area contributed by atoms with Crippen molar-refractivity contribution in [3.8, 4) is 6.07 Å². The van der Waals surface area contributed by atoms with Crippen LogP contribution in [-0.2, 0) is 17.8 Å². The molecule has 184 valence electrons. The molecule has 2 aliphatic rings. The van der Waals surface area contributed by atoms with Crippen LogP contribution in [0.3, 0.4) is 0 Å². The fraction of sp³-hybridized carbons (Fsp3) is 0.357. The molecule has 3 aromatic rings. The summed E-state index contributed by atoms with van der Waals surface area (Å²) >= 11 is 0. The van der Waals surface area contributed by atoms with E-state index in [0.717, 1.165) is 36.5 Å². The maximum Gasteiger partial charge on any atom is 0.282 e. The molecule has 1 fully saturated rings. The lowest BCUT2D eigenvalue weighted by Gasteiger charge is -2.41. The molecule has 0 unspecified atom stereocenters. The van der Waals surface area contributed by atoms with Crippen LogP contribution in [0.25, 0.3) is 10.8 Å². The minimum Gasteiger partial charge on any atom is -0.365 e. The van der Waals surface area contributed by atoms with Crippen LogP contribution in [0.2, 0.25) is 0 Å². The Hall–Kier alpha value is -3.99. The summed E-state index contributed by atoms with van der Waals surface area (Å²) in [6.07, 6.45) is 3.52. The zero-order valence-corrected chi connectivity index (χ0v) is 20.5. The summed E-state index contributed by atoms with van der Waals surface area (Å²) in [4.78, 5) is 27.5. The van der Waals surface area contributed by atoms with E-state index >= 15 is 0 Å². The van der Waals surface area contributed by atoms with E-state index in [2.05, 4.69) is 75.7 Å². The van der Waals surface area contributed by atoms with Crippen molar-refractivity contribution < 1.29 is 9.18 Å². The maximum absolute atomic E-state index is 13.6. The smallest absolute Gasteiger partial charge is 0.282 e. The molecule has 1 amide bonds. The Balaban J connectivity index is 1.44. The number of nitriles is 1. The highest BCUT2D eigenvalue weighted by molar-refractivity contribution is 5.97. The van der Waals surface area contributed by atoms with Crippen molar-refractivity contribution >= 4 is 28.2 Å². The zero-order valence-electron chi connectivity index (χ0n) is 20.5. The molecular weight excluding hydrogens is 455 g/mol. The Bertz CT molecular complexity index is 1360. The van der Waals surface area contributed by atoms with Crippen molar-refractivity contribution in [1.29, 1.82) is 5.26 Å². The van der Waals surface area contributed by atoms with E-state index in [1.807, 2.05) is 0 Å². The van der Waals surface area contributed by atoms with Gasteiger partial charge in [0.25, 0.3) is 5.91 Å². The third kappa shape index (κ3) is 4.37. The van der Waals surface area contributed by atoms with Crippen molar-refractivity contribution in [2.75, 3.05) is 36.0 Å². The molecule has 0 radical (unpaired) electrons. The highest BCUT2D eigenvalue weighted by atomic mass is 19.1. The van der Waals surface area contributed by atoms with Crippen molar-refractivity contribution in [2.45, 2.75) is 38.8 Å². The summed E-state index contributed by atoms with van der Waals surface area (Å²) in [5.74, 6) is -0.881. The number of aryl methyl sites for hydroxylation is 1. The molecule has 1 aromatic heterocycles. The lowest BCUT2D eigenvalue weighted by molar-refractivity contribution is -0.131. The minimum atomic E-state index is -0.994. The first-order chi connectivity index (χ1) is 17.5. The first-order valence-electron chi connectivity index (χ1n) is 12.3. The van der Waals surface area contributed by atoms with Crippen LogP contribution in [-0.4, -0.2) is 53.0 Å². The van der Waals surface area contributed by atoms with E-state index in [1.54, 1.807) is 6.33 Å². The lowest BCUT2D eigenvalue weighted by atomic mass is 10.0. The second kappa shape index (κ2) is 9.94. The number of benzene rings is 2. The number of carbonyl (C=O) groups excluding carboxylic acids is 1. The Morgan fingerprint density at radius 1 is 1.17 bits per heavy atom. The highest BCUT2D eigenvalue weighted by Gasteiger charge is 2.33. The number of rotatable bonds is 4. The van der Waals surface area contributed by atoms with Crippen LogP contribution in [0.5, 0.6) is 0 Å². The van der Waals surface area contributed by atoms with E-state index in [1.165, 1.54) is 26.9 Å². The quantitative estimate of drug-likeness (QED) is 0.514.